The van der Waals surface area contributed by atoms with E-state index in [1.165, 1.54) is 10.5 Å². The van der Waals surface area contributed by atoms with Crippen LogP contribution in [0.2, 0.25) is 0 Å². The Bertz CT molecular complexity index is 1220. The van der Waals surface area contributed by atoms with E-state index in [0.29, 0.717) is 13.0 Å². The molecule has 0 fully saturated rings. The number of hydrogen-bond donors (Lipinski definition) is 0. The zero-order valence-corrected chi connectivity index (χ0v) is 20.7. The Kier molecular flexibility index (Phi) is 7.62. The molecule has 2 aromatic carbocycles. The first kappa shape index (κ1) is 23.3. The van der Waals surface area contributed by atoms with Crippen LogP contribution in [-0.4, -0.2) is 28.7 Å². The number of benzene rings is 2. The molecular weight excluding hydrogens is 450 g/mol. The standard InChI is InChI=1S/C26H27N3O2S2/c1-18-15-19(2)25-23(16-18)33-26(28-25)29(17-20-7-4-5-13-27-20)24(30)8-6-14-32-22-11-9-21(31-3)10-12-22/h4-5,7,9-13,15-16H,6,8,14,17H2,1-3H3. The molecule has 170 valence electrons. The number of methoxy groups -OCH3 is 1. The Morgan fingerprint density at radius 2 is 1.94 bits per heavy atom. The number of thiazole rings is 1. The number of nitrogens with zero attached hydrogens (tertiary/aromatic N) is 3. The van der Waals surface area contributed by atoms with Crippen molar-refractivity contribution < 1.29 is 9.53 Å². The highest BCUT2D eigenvalue weighted by Gasteiger charge is 2.21. The van der Waals surface area contributed by atoms with Gasteiger partial charge in [-0.25, -0.2) is 4.98 Å². The highest BCUT2D eigenvalue weighted by Crippen LogP contribution is 2.33. The van der Waals surface area contributed by atoms with Crippen molar-refractivity contribution in [3.05, 3.63) is 77.6 Å². The van der Waals surface area contributed by atoms with Crippen molar-refractivity contribution in [3.8, 4) is 5.75 Å². The minimum Gasteiger partial charge on any atom is -0.497 e. The molecule has 0 aliphatic rings. The Labute approximate surface area is 202 Å². The average Bonchev–Trinajstić information content (AvgIpc) is 3.25. The molecule has 4 aromatic rings. The normalized spacial score (nSPS) is 11.0. The number of rotatable bonds is 9. The summed E-state index contributed by atoms with van der Waals surface area (Å²) in [4.78, 5) is 25.5. The second-order valence-corrected chi connectivity index (χ2v) is 10.0. The number of pyridine rings is 1. The highest BCUT2D eigenvalue weighted by atomic mass is 32.2. The first-order valence-electron chi connectivity index (χ1n) is 10.9. The summed E-state index contributed by atoms with van der Waals surface area (Å²) in [5.41, 5.74) is 4.15. The number of aryl methyl sites for hydroxylation is 2. The number of hydrogen-bond acceptors (Lipinski definition) is 6. The smallest absolute Gasteiger partial charge is 0.229 e. The molecule has 0 spiro atoms. The maximum Gasteiger partial charge on any atom is 0.229 e. The number of thioether (sulfide) groups is 1. The fraction of sp³-hybridized carbons (Fsp3) is 0.269. The molecule has 0 aliphatic heterocycles. The molecule has 0 N–H and O–H groups in total. The molecule has 5 nitrogen and oxygen atoms in total. The predicted molar refractivity (Wildman–Crippen MR) is 137 cm³/mol. The number of aromatic nitrogens is 2. The SMILES string of the molecule is COc1ccc(SCCCC(=O)N(Cc2ccccn2)c2nc3c(C)cc(C)cc3s2)cc1. The largest absolute Gasteiger partial charge is 0.497 e. The monoisotopic (exact) mass is 477 g/mol. The van der Waals surface area contributed by atoms with E-state index in [0.717, 1.165) is 44.5 Å². The third-order valence-corrected chi connectivity index (χ3v) is 7.38. The molecule has 0 atom stereocenters. The lowest BCUT2D eigenvalue weighted by atomic mass is 10.1. The van der Waals surface area contributed by atoms with Gasteiger partial charge in [-0.3, -0.25) is 14.7 Å². The first-order valence-corrected chi connectivity index (χ1v) is 12.7. The minimum absolute atomic E-state index is 0.0735. The minimum atomic E-state index is 0.0735. The summed E-state index contributed by atoms with van der Waals surface area (Å²) in [6, 6.07) is 18.1. The lowest BCUT2D eigenvalue weighted by Gasteiger charge is -2.19. The molecule has 4 rings (SSSR count). The fourth-order valence-corrected chi connectivity index (χ4v) is 5.62. The van der Waals surface area contributed by atoms with Crippen LogP contribution in [0.5, 0.6) is 5.75 Å². The second-order valence-electron chi connectivity index (χ2n) is 7.85. The molecule has 7 heteroatoms. The van der Waals surface area contributed by atoms with Crippen molar-refractivity contribution in [1.82, 2.24) is 9.97 Å². The average molecular weight is 478 g/mol. The number of ether oxygens (including phenoxy) is 1. The van der Waals surface area contributed by atoms with Crippen LogP contribution in [-0.2, 0) is 11.3 Å². The Balaban J connectivity index is 1.47. The van der Waals surface area contributed by atoms with E-state index < -0.39 is 0 Å². The van der Waals surface area contributed by atoms with Crippen molar-refractivity contribution in [1.29, 1.82) is 0 Å². The fourth-order valence-electron chi connectivity index (χ4n) is 3.61. The van der Waals surface area contributed by atoms with Gasteiger partial charge in [-0.1, -0.05) is 23.5 Å². The van der Waals surface area contributed by atoms with Gasteiger partial charge < -0.3 is 4.74 Å². The quantitative estimate of drug-likeness (QED) is 0.206. The van der Waals surface area contributed by atoms with Gasteiger partial charge in [-0.15, -0.1) is 11.8 Å². The first-order chi connectivity index (χ1) is 16.0. The molecule has 0 unspecified atom stereocenters. The summed E-state index contributed by atoms with van der Waals surface area (Å²) < 4.78 is 6.32. The lowest BCUT2D eigenvalue weighted by Crippen LogP contribution is -2.30. The van der Waals surface area contributed by atoms with Crippen LogP contribution in [0.3, 0.4) is 0 Å². The van der Waals surface area contributed by atoms with Gasteiger partial charge >= 0.3 is 0 Å². The van der Waals surface area contributed by atoms with E-state index in [1.54, 1.807) is 41.3 Å². The molecule has 2 heterocycles. The molecule has 0 saturated carbocycles. The summed E-state index contributed by atoms with van der Waals surface area (Å²) >= 11 is 3.32. The highest BCUT2D eigenvalue weighted by molar-refractivity contribution is 7.99. The van der Waals surface area contributed by atoms with Crippen molar-refractivity contribution in [2.24, 2.45) is 0 Å². The van der Waals surface area contributed by atoms with Crippen LogP contribution in [0.25, 0.3) is 10.2 Å². The molecule has 0 aliphatic carbocycles. The van der Waals surface area contributed by atoms with Gasteiger partial charge in [-0.2, -0.15) is 0 Å². The predicted octanol–water partition coefficient (Wildman–Crippen LogP) is 6.42. The third kappa shape index (κ3) is 5.92. The Morgan fingerprint density at radius 1 is 1.12 bits per heavy atom. The van der Waals surface area contributed by atoms with Crippen LogP contribution in [0.1, 0.15) is 29.7 Å². The maximum atomic E-state index is 13.3. The molecule has 33 heavy (non-hydrogen) atoms. The van der Waals surface area contributed by atoms with Gasteiger partial charge in [0.2, 0.25) is 5.91 Å². The van der Waals surface area contributed by atoms with E-state index in [-0.39, 0.29) is 5.91 Å². The summed E-state index contributed by atoms with van der Waals surface area (Å²) in [6.45, 7) is 4.58. The van der Waals surface area contributed by atoms with Crippen LogP contribution in [0.4, 0.5) is 5.13 Å². The summed E-state index contributed by atoms with van der Waals surface area (Å²) in [5, 5.41) is 0.733. The maximum absolute atomic E-state index is 13.3. The molecule has 0 radical (unpaired) electrons. The van der Waals surface area contributed by atoms with Gasteiger partial charge in [0.05, 0.1) is 29.6 Å². The molecule has 0 bridgehead atoms. The van der Waals surface area contributed by atoms with Gasteiger partial charge in [0.15, 0.2) is 5.13 Å². The molecular formula is C26H27N3O2S2. The van der Waals surface area contributed by atoms with Gasteiger partial charge in [-0.05, 0) is 79.6 Å². The zero-order valence-electron chi connectivity index (χ0n) is 19.1. The van der Waals surface area contributed by atoms with Crippen LogP contribution < -0.4 is 9.64 Å². The van der Waals surface area contributed by atoms with E-state index >= 15 is 0 Å². The van der Waals surface area contributed by atoms with Crippen molar-refractivity contribution >= 4 is 44.4 Å². The lowest BCUT2D eigenvalue weighted by molar-refractivity contribution is -0.118. The summed E-state index contributed by atoms with van der Waals surface area (Å²) in [5.74, 6) is 1.79. The van der Waals surface area contributed by atoms with Gasteiger partial charge in [0.25, 0.3) is 0 Å². The van der Waals surface area contributed by atoms with Crippen LogP contribution >= 0.6 is 23.1 Å². The Morgan fingerprint density at radius 3 is 2.67 bits per heavy atom. The topological polar surface area (TPSA) is 55.3 Å². The zero-order chi connectivity index (χ0) is 23.2. The van der Waals surface area contributed by atoms with E-state index in [9.17, 15) is 4.79 Å². The van der Waals surface area contributed by atoms with Crippen molar-refractivity contribution in [2.45, 2.75) is 38.1 Å². The molecule has 2 aromatic heterocycles. The summed E-state index contributed by atoms with van der Waals surface area (Å²) in [6.07, 6.45) is 3.01. The van der Waals surface area contributed by atoms with Gasteiger partial charge in [0, 0.05) is 17.5 Å². The molecule has 1 amide bonds. The van der Waals surface area contributed by atoms with Gasteiger partial charge in [0.1, 0.15) is 5.75 Å². The number of carbonyl (C=O) groups is 1. The third-order valence-electron chi connectivity index (χ3n) is 5.26. The van der Waals surface area contributed by atoms with Crippen LogP contribution in [0.15, 0.2) is 65.7 Å². The van der Waals surface area contributed by atoms with Crippen molar-refractivity contribution in [3.63, 3.8) is 0 Å². The van der Waals surface area contributed by atoms with Crippen molar-refractivity contribution in [2.75, 3.05) is 17.8 Å². The molecule has 0 saturated heterocycles. The number of amides is 1. The Hall–Kier alpha value is -2.90. The van der Waals surface area contributed by atoms with E-state index in [4.69, 9.17) is 9.72 Å². The van der Waals surface area contributed by atoms with Crippen LogP contribution in [0, 0.1) is 13.8 Å². The number of anilines is 1. The summed E-state index contributed by atoms with van der Waals surface area (Å²) in [7, 11) is 1.67. The second kappa shape index (κ2) is 10.8. The number of carbonyl (C=O) groups excluding carboxylic acids is 1. The van der Waals surface area contributed by atoms with E-state index in [1.807, 2.05) is 42.5 Å². The van der Waals surface area contributed by atoms with E-state index in [2.05, 4.69) is 31.0 Å². The number of fused-ring (bicyclic) bond motifs is 1.